The maximum Gasteiger partial charge on any atom is 0.309 e. The Bertz CT molecular complexity index is 269. The minimum atomic E-state index is -0.690. The van der Waals surface area contributed by atoms with Crippen molar-refractivity contribution in [2.24, 2.45) is 11.3 Å². The lowest BCUT2D eigenvalue weighted by Crippen LogP contribution is -2.39. The van der Waals surface area contributed by atoms with Gasteiger partial charge in [-0.3, -0.25) is 4.79 Å². The van der Waals surface area contributed by atoms with Crippen LogP contribution in [-0.2, 0) is 4.79 Å². The molecule has 4 nitrogen and oxygen atoms in total. The average Bonchev–Trinajstić information content (AvgIpc) is 2.27. The van der Waals surface area contributed by atoms with Gasteiger partial charge in [0, 0.05) is 6.54 Å². The molecular weight excluding hydrogens is 228 g/mol. The minimum absolute atomic E-state index is 0.597. The van der Waals surface area contributed by atoms with Crippen molar-refractivity contribution in [2.45, 2.75) is 33.1 Å². The van der Waals surface area contributed by atoms with Gasteiger partial charge in [-0.15, -0.1) is 0 Å². The van der Waals surface area contributed by atoms with Crippen molar-refractivity contribution in [3.63, 3.8) is 0 Å². The van der Waals surface area contributed by atoms with E-state index >= 15 is 0 Å². The lowest BCUT2D eigenvalue weighted by Gasteiger charge is -2.34. The van der Waals surface area contributed by atoms with E-state index in [0.29, 0.717) is 0 Å². The molecule has 106 valence electrons. The third kappa shape index (κ3) is 4.94. The molecule has 0 saturated carbocycles. The molecule has 1 N–H and O–H groups in total. The molecule has 1 fully saturated rings. The first kappa shape index (κ1) is 15.4. The number of likely N-dealkylation sites (tertiary alicyclic amines) is 1. The Kier molecular flexibility index (Phi) is 5.60. The second kappa shape index (κ2) is 6.53. The largest absolute Gasteiger partial charge is 0.481 e. The summed E-state index contributed by atoms with van der Waals surface area (Å²) >= 11 is 0. The Hall–Kier alpha value is -0.610. The van der Waals surface area contributed by atoms with Gasteiger partial charge in [-0.2, -0.15) is 0 Å². The first-order chi connectivity index (χ1) is 8.31. The highest BCUT2D eigenvalue weighted by Crippen LogP contribution is 2.23. The number of nitrogens with zero attached hydrogens (tertiary/aromatic N) is 2. The zero-order valence-corrected chi connectivity index (χ0v) is 12.3. The number of aliphatic carboxylic acids is 1. The van der Waals surface area contributed by atoms with E-state index in [-0.39, 0.29) is 0 Å². The maximum absolute atomic E-state index is 11.0. The summed E-state index contributed by atoms with van der Waals surface area (Å²) in [5, 5.41) is 9.09. The molecule has 0 bridgehead atoms. The summed E-state index contributed by atoms with van der Waals surface area (Å²) < 4.78 is 0. The fourth-order valence-corrected chi connectivity index (χ4v) is 2.45. The number of hydrogen-bond donors (Lipinski definition) is 1. The monoisotopic (exact) mass is 256 g/mol. The van der Waals surface area contributed by atoms with Crippen LogP contribution >= 0.6 is 0 Å². The van der Waals surface area contributed by atoms with Gasteiger partial charge in [-0.1, -0.05) is 0 Å². The summed E-state index contributed by atoms with van der Waals surface area (Å²) in [6, 6.07) is 0. The Morgan fingerprint density at radius 3 is 2.33 bits per heavy atom. The molecule has 0 amide bonds. The molecule has 1 aliphatic rings. The van der Waals surface area contributed by atoms with Gasteiger partial charge in [0.1, 0.15) is 0 Å². The summed E-state index contributed by atoms with van der Waals surface area (Å²) in [5.41, 5.74) is -0.597. The average molecular weight is 256 g/mol. The van der Waals surface area contributed by atoms with Gasteiger partial charge < -0.3 is 14.9 Å². The first-order valence-electron chi connectivity index (χ1n) is 6.92. The molecule has 0 unspecified atom stereocenters. The van der Waals surface area contributed by atoms with Crippen molar-refractivity contribution in [1.29, 1.82) is 0 Å². The summed E-state index contributed by atoms with van der Waals surface area (Å²) in [4.78, 5) is 15.7. The predicted octanol–water partition coefficient (Wildman–Crippen LogP) is 1.76. The van der Waals surface area contributed by atoms with Crippen molar-refractivity contribution in [3.8, 4) is 0 Å². The molecule has 0 aromatic heterocycles. The first-order valence-corrected chi connectivity index (χ1v) is 6.92. The van der Waals surface area contributed by atoms with Gasteiger partial charge in [-0.05, 0) is 72.8 Å². The molecule has 0 atom stereocenters. The van der Waals surface area contributed by atoms with E-state index < -0.39 is 11.4 Å². The zero-order chi connectivity index (χ0) is 13.8. The van der Waals surface area contributed by atoms with E-state index in [4.69, 9.17) is 5.11 Å². The molecule has 1 heterocycles. The molecule has 1 saturated heterocycles. The molecule has 0 aromatic carbocycles. The van der Waals surface area contributed by atoms with Crippen LogP contribution in [0.1, 0.15) is 33.1 Å². The van der Waals surface area contributed by atoms with Gasteiger partial charge >= 0.3 is 5.97 Å². The number of carbonyl (C=O) groups is 1. The normalized spacial score (nSPS) is 19.4. The fourth-order valence-electron chi connectivity index (χ4n) is 2.45. The second-order valence-corrected chi connectivity index (χ2v) is 6.49. The van der Waals surface area contributed by atoms with Crippen LogP contribution in [0.15, 0.2) is 0 Å². The number of rotatable bonds is 6. The van der Waals surface area contributed by atoms with E-state index in [0.717, 1.165) is 32.0 Å². The van der Waals surface area contributed by atoms with Crippen LogP contribution in [0.3, 0.4) is 0 Å². The Balaban J connectivity index is 2.26. The van der Waals surface area contributed by atoms with E-state index in [1.54, 1.807) is 0 Å². The maximum atomic E-state index is 11.0. The Labute approximate surface area is 111 Å². The molecule has 0 aliphatic carbocycles. The third-order valence-electron chi connectivity index (χ3n) is 3.96. The van der Waals surface area contributed by atoms with Crippen LogP contribution in [-0.4, -0.2) is 61.2 Å². The van der Waals surface area contributed by atoms with Crippen LogP contribution in [0.4, 0.5) is 0 Å². The summed E-state index contributed by atoms with van der Waals surface area (Å²) in [6.45, 7) is 7.95. The zero-order valence-electron chi connectivity index (χ0n) is 12.3. The third-order valence-corrected chi connectivity index (χ3v) is 3.96. The van der Waals surface area contributed by atoms with Crippen LogP contribution < -0.4 is 0 Å². The molecule has 0 radical (unpaired) electrons. The Morgan fingerprint density at radius 2 is 1.89 bits per heavy atom. The van der Waals surface area contributed by atoms with Gasteiger partial charge in [-0.25, -0.2) is 0 Å². The van der Waals surface area contributed by atoms with Crippen LogP contribution in [0.2, 0.25) is 0 Å². The van der Waals surface area contributed by atoms with E-state index in [1.165, 1.54) is 19.4 Å². The molecule has 0 spiro atoms. The number of carboxylic acids is 1. The van der Waals surface area contributed by atoms with Crippen molar-refractivity contribution in [2.75, 3.05) is 40.3 Å². The van der Waals surface area contributed by atoms with Crippen molar-refractivity contribution in [3.05, 3.63) is 0 Å². The van der Waals surface area contributed by atoms with Gasteiger partial charge in [0.15, 0.2) is 0 Å². The molecule has 1 rings (SSSR count). The number of carboxylic acid groups (broad SMARTS) is 1. The summed E-state index contributed by atoms with van der Waals surface area (Å²) in [5.74, 6) is 0.119. The highest BCUT2D eigenvalue weighted by Gasteiger charge is 2.28. The quantitative estimate of drug-likeness (QED) is 0.786. The molecule has 4 heteroatoms. The molecule has 1 aliphatic heterocycles. The van der Waals surface area contributed by atoms with Crippen LogP contribution in [0.5, 0.6) is 0 Å². The lowest BCUT2D eigenvalue weighted by molar-refractivity contribution is -0.147. The van der Waals surface area contributed by atoms with E-state index in [1.807, 2.05) is 13.8 Å². The van der Waals surface area contributed by atoms with Gasteiger partial charge in [0.2, 0.25) is 0 Å². The topological polar surface area (TPSA) is 43.8 Å². The molecule has 18 heavy (non-hydrogen) atoms. The Morgan fingerprint density at radius 1 is 1.33 bits per heavy atom. The molecular formula is C14H28N2O2. The summed E-state index contributed by atoms with van der Waals surface area (Å²) in [7, 11) is 4.25. The lowest BCUT2D eigenvalue weighted by atomic mass is 9.88. The smallest absolute Gasteiger partial charge is 0.309 e. The van der Waals surface area contributed by atoms with Gasteiger partial charge in [0.25, 0.3) is 0 Å². The van der Waals surface area contributed by atoms with Crippen LogP contribution in [0.25, 0.3) is 0 Å². The van der Waals surface area contributed by atoms with Crippen molar-refractivity contribution < 1.29 is 9.90 Å². The highest BCUT2D eigenvalue weighted by atomic mass is 16.4. The second-order valence-electron chi connectivity index (χ2n) is 6.49. The number of hydrogen-bond acceptors (Lipinski definition) is 3. The van der Waals surface area contributed by atoms with E-state index in [9.17, 15) is 4.79 Å². The minimum Gasteiger partial charge on any atom is -0.481 e. The standard InChI is InChI=1S/C14H28N2O2/c1-14(2,13(17)18)7-10-16-8-5-12(6-9-16)11-15(3)4/h12H,5-11H2,1-4H3,(H,17,18). The predicted molar refractivity (Wildman–Crippen MR) is 73.8 cm³/mol. The number of piperidine rings is 1. The molecule has 0 aromatic rings. The van der Waals surface area contributed by atoms with Crippen LogP contribution in [0, 0.1) is 11.3 Å². The summed E-state index contributed by atoms with van der Waals surface area (Å²) in [6.07, 6.45) is 3.22. The highest BCUT2D eigenvalue weighted by molar-refractivity contribution is 5.73. The van der Waals surface area contributed by atoms with Crippen molar-refractivity contribution in [1.82, 2.24) is 9.80 Å². The van der Waals surface area contributed by atoms with Crippen molar-refractivity contribution >= 4 is 5.97 Å². The SMILES string of the molecule is CN(C)CC1CCN(CCC(C)(C)C(=O)O)CC1. The van der Waals surface area contributed by atoms with E-state index in [2.05, 4.69) is 23.9 Å². The van der Waals surface area contributed by atoms with Gasteiger partial charge in [0.05, 0.1) is 5.41 Å². The fraction of sp³-hybridized carbons (Fsp3) is 0.929.